The lowest BCUT2D eigenvalue weighted by Gasteiger charge is -2.45. The van der Waals surface area contributed by atoms with Crippen molar-refractivity contribution in [2.75, 3.05) is 10.6 Å². The van der Waals surface area contributed by atoms with Gasteiger partial charge in [-0.25, -0.2) is 13.4 Å². The molecule has 266 valence electrons. The van der Waals surface area contributed by atoms with Crippen LogP contribution in [0.2, 0.25) is 5.02 Å². The van der Waals surface area contributed by atoms with Gasteiger partial charge in [0.25, 0.3) is 0 Å². The first-order valence-corrected chi connectivity index (χ1v) is 18.2. The van der Waals surface area contributed by atoms with Crippen LogP contribution in [0.3, 0.4) is 0 Å². The highest BCUT2D eigenvalue weighted by molar-refractivity contribution is 7.92. The highest BCUT2D eigenvalue weighted by Gasteiger charge is 2.42. The van der Waals surface area contributed by atoms with Gasteiger partial charge in [-0.2, -0.15) is 4.98 Å². The summed E-state index contributed by atoms with van der Waals surface area (Å²) in [5.74, 6) is -4.52. The smallest absolute Gasteiger partial charge is 0.229 e. The molecular formula is C34H38B4ClN5O7S. The third kappa shape index (κ3) is 9.50. The molecular weight excluding hydrogens is 701 g/mol. The van der Waals surface area contributed by atoms with Crippen LogP contribution in [0.15, 0.2) is 77.8 Å². The van der Waals surface area contributed by atoms with Crippen molar-refractivity contribution in [2.24, 2.45) is 0 Å². The van der Waals surface area contributed by atoms with Crippen molar-refractivity contribution in [3.05, 3.63) is 89.1 Å². The van der Waals surface area contributed by atoms with E-state index in [1.54, 1.807) is 18.2 Å². The van der Waals surface area contributed by atoms with Crippen molar-refractivity contribution in [3.63, 3.8) is 0 Å². The van der Waals surface area contributed by atoms with Gasteiger partial charge in [0.15, 0.2) is 10.8 Å². The molecule has 1 saturated heterocycles. The monoisotopic (exact) mass is 739 g/mol. The van der Waals surface area contributed by atoms with E-state index in [1.165, 1.54) is 52.1 Å². The molecule has 1 aliphatic rings. The van der Waals surface area contributed by atoms with Crippen molar-refractivity contribution in [1.82, 2.24) is 15.3 Å². The molecule has 0 amide bonds. The first-order chi connectivity index (χ1) is 24.0. The van der Waals surface area contributed by atoms with Crippen LogP contribution < -0.4 is 26.2 Å². The summed E-state index contributed by atoms with van der Waals surface area (Å²) in [6, 6.07) is 18.9. The summed E-state index contributed by atoms with van der Waals surface area (Å²) in [5, 5.41) is 49.4. The zero-order valence-corrected chi connectivity index (χ0v) is 30.7. The molecule has 52 heavy (non-hydrogen) atoms. The molecule has 0 spiro atoms. The maximum Gasteiger partial charge on any atom is 0.229 e. The molecule has 6 radical (unpaired) electrons. The number of benzene rings is 3. The van der Waals surface area contributed by atoms with Gasteiger partial charge in [0.05, 0.1) is 38.2 Å². The summed E-state index contributed by atoms with van der Waals surface area (Å²) in [7, 11) is 15.1. The molecule has 0 aliphatic carbocycles. The fraction of sp³-hybridized carbons (Fsp3) is 0.353. The van der Waals surface area contributed by atoms with Crippen LogP contribution in [0.4, 0.5) is 23.1 Å². The SMILES string of the molecule is [B]B(Cc1ccccc1)c1cc(Nc2ncc(Cl)c(Nc3ccccc3S(=O)(=O)C(C)(C)O)n2)c(OC(C)(C)O)cc1C1CC([B])([B])NC(O)(O)C1. The quantitative estimate of drug-likeness (QED) is 0.0834. The summed E-state index contributed by atoms with van der Waals surface area (Å²) in [6.07, 6.45) is 1.61. The van der Waals surface area contributed by atoms with E-state index in [2.05, 4.69) is 25.9 Å². The second-order valence-electron chi connectivity index (χ2n) is 14.0. The van der Waals surface area contributed by atoms with Gasteiger partial charge in [0.1, 0.15) is 17.4 Å². The van der Waals surface area contributed by atoms with E-state index in [0.29, 0.717) is 17.3 Å². The molecule has 1 fully saturated rings. The molecule has 0 saturated carbocycles. The Bertz CT molecular complexity index is 2020. The molecule has 1 atom stereocenters. The van der Waals surface area contributed by atoms with Gasteiger partial charge in [-0.3, -0.25) is 5.32 Å². The fourth-order valence-electron chi connectivity index (χ4n) is 6.07. The zero-order valence-electron chi connectivity index (χ0n) is 29.1. The van der Waals surface area contributed by atoms with E-state index in [1.807, 2.05) is 30.3 Å². The number of nitrogens with zero attached hydrogens (tertiary/aromatic N) is 2. The van der Waals surface area contributed by atoms with Crippen LogP contribution in [-0.4, -0.2) is 90.8 Å². The Labute approximate surface area is 313 Å². The maximum absolute atomic E-state index is 13.2. The van der Waals surface area contributed by atoms with Gasteiger partial charge < -0.3 is 35.8 Å². The van der Waals surface area contributed by atoms with E-state index < -0.39 is 44.3 Å². The van der Waals surface area contributed by atoms with Crippen molar-refractivity contribution >= 4 is 80.1 Å². The third-order valence-corrected chi connectivity index (χ3v) is 10.8. The molecule has 2 heterocycles. The first-order valence-electron chi connectivity index (χ1n) is 16.4. The lowest BCUT2D eigenvalue weighted by Crippen LogP contribution is -2.64. The van der Waals surface area contributed by atoms with Crippen molar-refractivity contribution in [1.29, 1.82) is 0 Å². The Morgan fingerprint density at radius 2 is 1.65 bits per heavy atom. The molecule has 7 N–H and O–H groups in total. The van der Waals surface area contributed by atoms with Crippen molar-refractivity contribution in [2.45, 2.75) is 79.6 Å². The average molecular weight is 739 g/mol. The number of aromatic nitrogens is 2. The van der Waals surface area contributed by atoms with Crippen LogP contribution in [0.1, 0.15) is 57.6 Å². The summed E-state index contributed by atoms with van der Waals surface area (Å²) in [6.45, 7) is 4.60. The maximum atomic E-state index is 13.2. The van der Waals surface area contributed by atoms with Gasteiger partial charge >= 0.3 is 0 Å². The number of hydrogen-bond acceptors (Lipinski definition) is 12. The number of anilines is 4. The summed E-state index contributed by atoms with van der Waals surface area (Å²) in [4.78, 5) is 6.56. The number of sulfone groups is 1. The van der Waals surface area contributed by atoms with E-state index in [9.17, 15) is 28.8 Å². The fourth-order valence-corrected chi connectivity index (χ4v) is 7.41. The molecule has 1 unspecified atom stereocenters. The van der Waals surface area contributed by atoms with E-state index in [4.69, 9.17) is 39.8 Å². The predicted octanol–water partition coefficient (Wildman–Crippen LogP) is 2.47. The normalized spacial score (nSPS) is 17.3. The van der Waals surface area contributed by atoms with Crippen LogP contribution in [0.25, 0.3) is 0 Å². The minimum absolute atomic E-state index is 0.000172. The summed E-state index contributed by atoms with van der Waals surface area (Å²) >= 11 is 6.47. The molecule has 0 bridgehead atoms. The Balaban J connectivity index is 1.60. The van der Waals surface area contributed by atoms with Crippen LogP contribution in [-0.2, 0) is 16.2 Å². The standard InChI is InChI=1S/C34H38B4ClN5O7S/c1-31(2,45)51-27-14-22(21-16-33(35,36)44-34(47,48)17-21)23(38(37)18-20-10-6-5-7-11-20)15-26(27)42-30-40-19-24(39)29(43-30)41-25-12-8-9-13-28(25)52(49,50)32(3,4)46/h5-15,19,21,44-48H,16-18H2,1-4H3,(H2,40,41,42,43). The van der Waals surface area contributed by atoms with Crippen molar-refractivity contribution in [3.8, 4) is 5.75 Å². The van der Waals surface area contributed by atoms with Gasteiger partial charge in [0, 0.05) is 28.0 Å². The molecule has 12 nitrogen and oxygen atoms in total. The lowest BCUT2D eigenvalue weighted by atomic mass is 9.26. The van der Waals surface area contributed by atoms with Gasteiger partial charge in [-0.15, -0.1) is 0 Å². The van der Waals surface area contributed by atoms with E-state index in [0.717, 1.165) is 5.56 Å². The van der Waals surface area contributed by atoms with E-state index >= 15 is 0 Å². The van der Waals surface area contributed by atoms with Gasteiger partial charge in [-0.05, 0) is 56.0 Å². The number of hydrogen-bond donors (Lipinski definition) is 7. The highest BCUT2D eigenvalue weighted by atomic mass is 35.5. The first kappa shape index (κ1) is 39.6. The predicted molar refractivity (Wildman–Crippen MR) is 205 cm³/mol. The molecule has 18 heteroatoms. The number of halogens is 1. The molecule has 4 aromatic rings. The number of aliphatic hydroxyl groups is 4. The van der Waals surface area contributed by atoms with Crippen LogP contribution in [0, 0.1) is 0 Å². The lowest BCUT2D eigenvalue weighted by molar-refractivity contribution is -0.209. The highest BCUT2D eigenvalue weighted by Crippen LogP contribution is 2.40. The molecule has 1 aliphatic heterocycles. The number of ether oxygens (including phenoxy) is 1. The number of rotatable bonds is 12. The minimum Gasteiger partial charge on any atom is -0.461 e. The second kappa shape index (κ2) is 14.7. The van der Waals surface area contributed by atoms with Crippen molar-refractivity contribution < 1.29 is 33.6 Å². The Kier molecular flexibility index (Phi) is 11.2. The second-order valence-corrected chi connectivity index (χ2v) is 16.8. The van der Waals surface area contributed by atoms with Gasteiger partial charge in [0.2, 0.25) is 27.5 Å². The van der Waals surface area contributed by atoms with Crippen LogP contribution >= 0.6 is 11.6 Å². The molecule has 3 aromatic carbocycles. The van der Waals surface area contributed by atoms with E-state index in [-0.39, 0.29) is 51.7 Å². The number of piperidine rings is 1. The molecule has 1 aromatic heterocycles. The average Bonchev–Trinajstić information content (AvgIpc) is 3.01. The Morgan fingerprint density at radius 3 is 2.29 bits per heavy atom. The Morgan fingerprint density at radius 1 is 1.00 bits per heavy atom. The molecule has 5 rings (SSSR count). The van der Waals surface area contributed by atoms with Gasteiger partial charge in [-0.1, -0.05) is 76.7 Å². The number of nitrogens with one attached hydrogen (secondary N) is 3. The largest absolute Gasteiger partial charge is 0.461 e. The zero-order chi connectivity index (χ0) is 38.3. The summed E-state index contributed by atoms with van der Waals surface area (Å²) < 4.78 is 32.3. The number of para-hydroxylation sites is 1. The third-order valence-electron chi connectivity index (χ3n) is 8.31. The topological polar surface area (TPSA) is 186 Å². The Hall–Kier alpha value is -3.56. The van der Waals surface area contributed by atoms with Crippen LogP contribution in [0.5, 0.6) is 5.75 Å². The summed E-state index contributed by atoms with van der Waals surface area (Å²) in [5.41, 5.74) is 2.49. The minimum atomic E-state index is -4.20.